The summed E-state index contributed by atoms with van der Waals surface area (Å²) in [6, 6.07) is 22.5. The smallest absolute Gasteiger partial charge is 0.255 e. The molecule has 3 aromatic carbocycles. The van der Waals surface area contributed by atoms with Crippen molar-refractivity contribution in [3.63, 3.8) is 0 Å². The summed E-state index contributed by atoms with van der Waals surface area (Å²) >= 11 is 5.05. The topological polar surface area (TPSA) is 81.4 Å². The molecule has 164 valence electrons. The van der Waals surface area contributed by atoms with E-state index in [2.05, 4.69) is 31.4 Å². The lowest BCUT2D eigenvalue weighted by Crippen LogP contribution is -2.15. The molecule has 1 amide bonds. The van der Waals surface area contributed by atoms with Crippen LogP contribution in [0.4, 0.5) is 5.69 Å². The number of aromatic nitrogens is 3. The van der Waals surface area contributed by atoms with Crippen molar-refractivity contribution in [1.82, 2.24) is 14.9 Å². The van der Waals surface area contributed by atoms with Crippen LogP contribution in [-0.2, 0) is 0 Å². The van der Waals surface area contributed by atoms with E-state index in [1.807, 2.05) is 48.5 Å². The standard InChI is InChI=1S/C24H18BrN5O2S/c1-32-18-12-8-16(9-13-18)23(31)26-20-5-3-2-4-19(20)22-27-28-24-30(22)29-21(14-33-24)15-6-10-17(25)11-7-15/h2-13H,14H2,1H3,(H,26,31). The summed E-state index contributed by atoms with van der Waals surface area (Å²) < 4.78 is 7.92. The molecule has 5 rings (SSSR count). The summed E-state index contributed by atoms with van der Waals surface area (Å²) in [4.78, 5) is 12.9. The predicted octanol–water partition coefficient (Wildman–Crippen LogP) is 5.33. The first kappa shape index (κ1) is 21.4. The number of para-hydroxylation sites is 1. The zero-order valence-electron chi connectivity index (χ0n) is 17.5. The summed E-state index contributed by atoms with van der Waals surface area (Å²) in [5.74, 6) is 1.74. The molecular weight excluding hydrogens is 502 g/mol. The quantitative estimate of drug-likeness (QED) is 0.385. The first-order chi connectivity index (χ1) is 16.1. The van der Waals surface area contributed by atoms with Crippen LogP contribution in [0.2, 0.25) is 0 Å². The number of carbonyl (C=O) groups excluding carboxylic acids is 1. The van der Waals surface area contributed by atoms with E-state index < -0.39 is 0 Å². The van der Waals surface area contributed by atoms with Gasteiger partial charge in [-0.3, -0.25) is 4.79 Å². The lowest BCUT2D eigenvalue weighted by Gasteiger charge is -2.15. The van der Waals surface area contributed by atoms with Crippen LogP contribution in [0, 0.1) is 0 Å². The molecule has 0 unspecified atom stereocenters. The first-order valence-corrected chi connectivity index (χ1v) is 11.9. The van der Waals surface area contributed by atoms with Gasteiger partial charge in [-0.2, -0.15) is 9.78 Å². The van der Waals surface area contributed by atoms with Crippen molar-refractivity contribution in [2.24, 2.45) is 5.10 Å². The maximum absolute atomic E-state index is 12.9. The Bertz CT molecular complexity index is 1350. The van der Waals surface area contributed by atoms with Crippen LogP contribution in [0.3, 0.4) is 0 Å². The summed E-state index contributed by atoms with van der Waals surface area (Å²) in [7, 11) is 1.59. The third kappa shape index (κ3) is 4.42. The lowest BCUT2D eigenvalue weighted by molar-refractivity contribution is 0.102. The lowest BCUT2D eigenvalue weighted by atomic mass is 10.1. The number of fused-ring (bicyclic) bond motifs is 1. The molecule has 1 aliphatic heterocycles. The maximum atomic E-state index is 12.9. The number of hydrogen-bond donors (Lipinski definition) is 1. The molecule has 0 aliphatic carbocycles. The summed E-state index contributed by atoms with van der Waals surface area (Å²) in [6.45, 7) is 0. The molecule has 0 fully saturated rings. The molecule has 7 nitrogen and oxygen atoms in total. The summed E-state index contributed by atoms with van der Waals surface area (Å²) in [5, 5.41) is 17.2. The van der Waals surface area contributed by atoms with Crippen molar-refractivity contribution in [2.75, 3.05) is 18.2 Å². The number of anilines is 1. The molecule has 0 radical (unpaired) electrons. The van der Waals surface area contributed by atoms with Gasteiger partial charge in [0.1, 0.15) is 5.75 Å². The van der Waals surface area contributed by atoms with Crippen molar-refractivity contribution in [3.8, 4) is 17.1 Å². The van der Waals surface area contributed by atoms with Gasteiger partial charge in [-0.05, 0) is 54.1 Å². The number of ether oxygens (including phenoxy) is 1. The van der Waals surface area contributed by atoms with Gasteiger partial charge in [0.05, 0.1) is 18.5 Å². The van der Waals surface area contributed by atoms with Gasteiger partial charge in [0.15, 0.2) is 5.82 Å². The fourth-order valence-electron chi connectivity index (χ4n) is 3.40. The Morgan fingerprint density at radius 2 is 1.79 bits per heavy atom. The minimum Gasteiger partial charge on any atom is -0.497 e. The fourth-order valence-corrected chi connectivity index (χ4v) is 4.51. The highest BCUT2D eigenvalue weighted by Gasteiger charge is 2.22. The minimum absolute atomic E-state index is 0.225. The van der Waals surface area contributed by atoms with Gasteiger partial charge in [-0.1, -0.05) is 52.0 Å². The summed E-state index contributed by atoms with van der Waals surface area (Å²) in [6.07, 6.45) is 0. The van der Waals surface area contributed by atoms with Crippen LogP contribution >= 0.6 is 27.7 Å². The zero-order chi connectivity index (χ0) is 22.8. The number of benzene rings is 3. The second-order valence-corrected chi connectivity index (χ2v) is 9.05. The number of nitrogens with one attached hydrogen (secondary N) is 1. The number of halogens is 1. The predicted molar refractivity (Wildman–Crippen MR) is 133 cm³/mol. The molecule has 0 saturated heterocycles. The van der Waals surface area contributed by atoms with E-state index >= 15 is 0 Å². The minimum atomic E-state index is -0.225. The Hall–Kier alpha value is -3.43. The normalized spacial score (nSPS) is 12.6. The number of rotatable bonds is 5. The molecule has 0 spiro atoms. The van der Waals surface area contributed by atoms with Crippen LogP contribution < -0.4 is 10.1 Å². The van der Waals surface area contributed by atoms with E-state index in [0.29, 0.717) is 33.7 Å². The highest BCUT2D eigenvalue weighted by atomic mass is 79.9. The molecule has 4 aromatic rings. The van der Waals surface area contributed by atoms with Crippen molar-refractivity contribution in [2.45, 2.75) is 5.16 Å². The molecule has 0 bridgehead atoms. The first-order valence-electron chi connectivity index (χ1n) is 10.1. The Labute approximate surface area is 203 Å². The van der Waals surface area contributed by atoms with Gasteiger partial charge in [0.25, 0.3) is 5.91 Å². The van der Waals surface area contributed by atoms with E-state index in [9.17, 15) is 4.79 Å². The highest BCUT2D eigenvalue weighted by Crippen LogP contribution is 2.32. The third-order valence-electron chi connectivity index (χ3n) is 5.12. The number of carbonyl (C=O) groups is 1. The zero-order valence-corrected chi connectivity index (χ0v) is 19.9. The summed E-state index contributed by atoms with van der Waals surface area (Å²) in [5.41, 5.74) is 3.86. The number of amides is 1. The van der Waals surface area contributed by atoms with Crippen LogP contribution in [0.1, 0.15) is 15.9 Å². The SMILES string of the molecule is COc1ccc(C(=O)Nc2ccccc2-c2nnc3n2N=C(c2ccc(Br)cc2)CS3)cc1. The second kappa shape index (κ2) is 9.21. The third-order valence-corrected chi connectivity index (χ3v) is 6.58. The highest BCUT2D eigenvalue weighted by molar-refractivity contribution is 9.10. The van der Waals surface area contributed by atoms with Gasteiger partial charge in [0, 0.05) is 21.4 Å². The van der Waals surface area contributed by atoms with Crippen molar-refractivity contribution < 1.29 is 9.53 Å². The van der Waals surface area contributed by atoms with Gasteiger partial charge in [-0.15, -0.1) is 10.2 Å². The van der Waals surface area contributed by atoms with E-state index in [0.717, 1.165) is 21.3 Å². The van der Waals surface area contributed by atoms with Crippen molar-refractivity contribution in [1.29, 1.82) is 0 Å². The number of hydrogen-bond acceptors (Lipinski definition) is 6. The number of nitrogens with zero attached hydrogens (tertiary/aromatic N) is 4. The maximum Gasteiger partial charge on any atom is 0.255 e. The monoisotopic (exact) mass is 519 g/mol. The average Bonchev–Trinajstić information content (AvgIpc) is 3.28. The Morgan fingerprint density at radius 3 is 2.55 bits per heavy atom. The molecule has 1 aliphatic rings. The Kier molecular flexibility index (Phi) is 5.97. The van der Waals surface area contributed by atoms with Gasteiger partial charge in [0.2, 0.25) is 5.16 Å². The van der Waals surface area contributed by atoms with Crippen LogP contribution in [0.25, 0.3) is 11.4 Å². The fraction of sp³-hybridized carbons (Fsp3) is 0.0833. The number of methoxy groups -OCH3 is 1. The van der Waals surface area contributed by atoms with E-state index in [1.165, 1.54) is 0 Å². The number of thioether (sulfide) groups is 1. The van der Waals surface area contributed by atoms with E-state index in [4.69, 9.17) is 9.84 Å². The van der Waals surface area contributed by atoms with E-state index in [-0.39, 0.29) is 5.91 Å². The van der Waals surface area contributed by atoms with Crippen LogP contribution in [-0.4, -0.2) is 39.4 Å². The molecule has 0 atom stereocenters. The molecule has 9 heteroatoms. The van der Waals surface area contributed by atoms with Gasteiger partial charge < -0.3 is 10.1 Å². The largest absolute Gasteiger partial charge is 0.497 e. The molecule has 2 heterocycles. The van der Waals surface area contributed by atoms with Crippen molar-refractivity contribution in [3.05, 3.63) is 88.4 Å². The van der Waals surface area contributed by atoms with Crippen molar-refractivity contribution >= 4 is 45.0 Å². The van der Waals surface area contributed by atoms with E-state index in [1.54, 1.807) is 47.8 Å². The molecule has 1 N–H and O–H groups in total. The Balaban J connectivity index is 1.48. The molecule has 33 heavy (non-hydrogen) atoms. The molecule has 1 aromatic heterocycles. The molecule has 0 saturated carbocycles. The average molecular weight is 520 g/mol. The van der Waals surface area contributed by atoms with Gasteiger partial charge >= 0.3 is 0 Å². The van der Waals surface area contributed by atoms with Gasteiger partial charge in [-0.25, -0.2) is 0 Å². The van der Waals surface area contributed by atoms with Crippen LogP contribution in [0.15, 0.2) is 87.5 Å². The second-order valence-electron chi connectivity index (χ2n) is 7.19. The molecular formula is C24H18BrN5O2S. The van der Waals surface area contributed by atoms with Crippen LogP contribution in [0.5, 0.6) is 5.75 Å². The Morgan fingerprint density at radius 1 is 1.03 bits per heavy atom.